The average Bonchev–Trinajstić information content (AvgIpc) is 3.24. The number of ether oxygens (including phenoxy) is 1. The van der Waals surface area contributed by atoms with Crippen LogP contribution in [0, 0.1) is 29.6 Å². The SMILES string of the molecule is CCCCCCCCCCC1CC(=O)N[C@@H](CCC(=O)O)C(=O)N[C@@H](CC(C)C)C(=O)N[C@@H](CC(C)C)C(=O)N[C@@H](C(C)C)C(=O)N[C@@H](CC(=O)O)C(=O)N[C@@H](CC(C)C)C(=O)N[C@@H](CC(C)C)C(=O)O1. The number of cyclic esters (lactones) is 1. The summed E-state index contributed by atoms with van der Waals surface area (Å²) in [4.78, 5) is 136. The molecule has 0 aromatic carbocycles. The maximum atomic E-state index is 14.2. The van der Waals surface area contributed by atoms with Crippen molar-refractivity contribution in [3.05, 3.63) is 0 Å². The molecule has 0 aromatic heterocycles. The van der Waals surface area contributed by atoms with E-state index in [1.54, 1.807) is 55.4 Å². The van der Waals surface area contributed by atoms with Crippen LogP contribution < -0.4 is 37.2 Å². The fraction of sp³-hybridized carbons (Fsp3) is 0.804. The highest BCUT2D eigenvalue weighted by Gasteiger charge is 2.37. The molecule has 8 atom stereocenters. The van der Waals surface area contributed by atoms with Gasteiger partial charge in [0.05, 0.1) is 12.8 Å². The smallest absolute Gasteiger partial charge is 0.328 e. The van der Waals surface area contributed by atoms with Gasteiger partial charge in [-0.1, -0.05) is 121 Å². The number of amides is 7. The zero-order valence-corrected chi connectivity index (χ0v) is 44.4. The summed E-state index contributed by atoms with van der Waals surface area (Å²) in [6.07, 6.45) is 4.97. The fourth-order valence-corrected chi connectivity index (χ4v) is 8.27. The first-order valence-electron chi connectivity index (χ1n) is 26.0. The molecule has 71 heavy (non-hydrogen) atoms. The van der Waals surface area contributed by atoms with E-state index < -0.39 is 133 Å². The summed E-state index contributed by atoms with van der Waals surface area (Å²) in [5.41, 5.74) is 0. The van der Waals surface area contributed by atoms with Gasteiger partial charge in [-0.25, -0.2) is 4.79 Å². The Kier molecular flexibility index (Phi) is 29.9. The number of hydrogen-bond acceptors (Lipinski definition) is 11. The highest BCUT2D eigenvalue weighted by Crippen LogP contribution is 2.19. The lowest BCUT2D eigenvalue weighted by Crippen LogP contribution is -2.61. The summed E-state index contributed by atoms with van der Waals surface area (Å²) in [6.45, 7) is 19.8. The standard InChI is InChI=1S/C51H89N7O13/c1-12-13-14-15-16-17-18-19-20-34-27-41(59)52-35(21-22-42(60)61)45(64)53-36(23-29(2)3)46(65)55-38(25-31(6)7)49(68)58-44(33(10)11)50(69)56-39(28-43(62)63)48(67)54-37(24-30(4)5)47(66)57-40(26-32(8)9)51(70)71-34/h29-40,44H,12-28H2,1-11H3,(H,52,59)(H,53,64)(H,54,67)(H,55,65)(H,56,69)(H,57,66)(H,58,68)(H,60,61)(H,62,63)/t34?,35-,36-,37-,38-,39-,40-,44-/m0/s1. The number of carbonyl (C=O) groups excluding carboxylic acids is 8. The zero-order chi connectivity index (χ0) is 54.0. The third kappa shape index (κ3) is 26.6. The Morgan fingerprint density at radius 2 is 0.873 bits per heavy atom. The summed E-state index contributed by atoms with van der Waals surface area (Å²) >= 11 is 0. The second-order valence-electron chi connectivity index (χ2n) is 21.2. The van der Waals surface area contributed by atoms with Gasteiger partial charge in [-0.05, 0) is 74.5 Å². The molecule has 0 bridgehead atoms. The van der Waals surface area contributed by atoms with Gasteiger partial charge in [0.15, 0.2) is 0 Å². The number of nitrogens with one attached hydrogen (secondary N) is 7. The highest BCUT2D eigenvalue weighted by molar-refractivity contribution is 5.98. The zero-order valence-electron chi connectivity index (χ0n) is 44.4. The number of unbranched alkanes of at least 4 members (excludes halogenated alkanes) is 7. The van der Waals surface area contributed by atoms with Crippen molar-refractivity contribution in [2.75, 3.05) is 0 Å². The van der Waals surface area contributed by atoms with Crippen LogP contribution in [0.1, 0.15) is 185 Å². The third-order valence-electron chi connectivity index (χ3n) is 12.0. The van der Waals surface area contributed by atoms with Crippen LogP contribution in [0.25, 0.3) is 0 Å². The van der Waals surface area contributed by atoms with Crippen molar-refractivity contribution in [2.24, 2.45) is 29.6 Å². The molecule has 1 aliphatic heterocycles. The molecule has 0 aliphatic carbocycles. The summed E-state index contributed by atoms with van der Waals surface area (Å²) in [5.74, 6) is -10.8. The number of hydrogen-bond donors (Lipinski definition) is 9. The summed E-state index contributed by atoms with van der Waals surface area (Å²) in [6, 6.07) is -9.63. The monoisotopic (exact) mass is 1010 g/mol. The van der Waals surface area contributed by atoms with Gasteiger partial charge in [-0.15, -0.1) is 0 Å². The van der Waals surface area contributed by atoms with Crippen molar-refractivity contribution in [3.63, 3.8) is 0 Å². The van der Waals surface area contributed by atoms with Gasteiger partial charge in [0.2, 0.25) is 41.4 Å². The molecule has 1 unspecified atom stereocenters. The number of carboxylic acids is 2. The van der Waals surface area contributed by atoms with Gasteiger partial charge >= 0.3 is 17.9 Å². The van der Waals surface area contributed by atoms with Crippen LogP contribution >= 0.6 is 0 Å². The predicted octanol–water partition coefficient (Wildman–Crippen LogP) is 4.41. The van der Waals surface area contributed by atoms with E-state index >= 15 is 0 Å². The van der Waals surface area contributed by atoms with Crippen LogP contribution in [0.3, 0.4) is 0 Å². The molecule has 1 rings (SSSR count). The second-order valence-corrected chi connectivity index (χ2v) is 21.2. The van der Waals surface area contributed by atoms with Crippen LogP contribution in [-0.2, 0) is 52.7 Å². The van der Waals surface area contributed by atoms with E-state index in [4.69, 9.17) is 4.74 Å². The van der Waals surface area contributed by atoms with Crippen LogP contribution in [-0.4, -0.2) is 118 Å². The minimum absolute atomic E-state index is 0.0400. The summed E-state index contributed by atoms with van der Waals surface area (Å²) < 4.78 is 6.02. The first-order chi connectivity index (χ1) is 33.2. The lowest BCUT2D eigenvalue weighted by Gasteiger charge is -2.29. The molecule has 0 saturated carbocycles. The van der Waals surface area contributed by atoms with Gasteiger partial charge in [0.1, 0.15) is 48.4 Å². The number of aliphatic carboxylic acids is 2. The Morgan fingerprint density at radius 1 is 0.479 bits per heavy atom. The predicted molar refractivity (Wildman–Crippen MR) is 267 cm³/mol. The first-order valence-corrected chi connectivity index (χ1v) is 26.0. The largest absolute Gasteiger partial charge is 0.481 e. The van der Waals surface area contributed by atoms with Gasteiger partial charge < -0.3 is 52.2 Å². The van der Waals surface area contributed by atoms with Gasteiger partial charge in [-0.3, -0.25) is 43.2 Å². The van der Waals surface area contributed by atoms with E-state index in [0.29, 0.717) is 6.42 Å². The highest BCUT2D eigenvalue weighted by atomic mass is 16.5. The molecule has 1 heterocycles. The van der Waals surface area contributed by atoms with E-state index in [-0.39, 0.29) is 62.2 Å². The number of carbonyl (C=O) groups is 10. The molecule has 0 radical (unpaired) electrons. The van der Waals surface area contributed by atoms with E-state index in [1.807, 2.05) is 13.8 Å². The minimum Gasteiger partial charge on any atom is -0.481 e. The van der Waals surface area contributed by atoms with Gasteiger partial charge in [0, 0.05) is 6.42 Å². The van der Waals surface area contributed by atoms with Crippen molar-refractivity contribution >= 4 is 59.3 Å². The van der Waals surface area contributed by atoms with Gasteiger partial charge in [0.25, 0.3) is 0 Å². The van der Waals surface area contributed by atoms with Crippen molar-refractivity contribution in [3.8, 4) is 0 Å². The van der Waals surface area contributed by atoms with Crippen LogP contribution in [0.15, 0.2) is 0 Å². The maximum Gasteiger partial charge on any atom is 0.328 e. The third-order valence-corrected chi connectivity index (χ3v) is 12.0. The molecular weight excluding hydrogens is 919 g/mol. The lowest BCUT2D eigenvalue weighted by molar-refractivity contribution is -0.155. The maximum absolute atomic E-state index is 14.2. The molecule has 20 nitrogen and oxygen atoms in total. The molecule has 1 saturated heterocycles. The first kappa shape index (κ1) is 63.7. The molecule has 1 fully saturated rings. The average molecular weight is 1010 g/mol. The lowest BCUT2D eigenvalue weighted by atomic mass is 9.98. The number of rotatable bonds is 23. The molecule has 7 amide bonds. The van der Waals surface area contributed by atoms with Crippen molar-refractivity contribution in [1.82, 2.24) is 37.2 Å². The Balaban J connectivity index is 3.99. The summed E-state index contributed by atoms with van der Waals surface area (Å²) in [7, 11) is 0. The van der Waals surface area contributed by atoms with Crippen LogP contribution in [0.4, 0.5) is 0 Å². The van der Waals surface area contributed by atoms with Crippen LogP contribution in [0.5, 0.6) is 0 Å². The quantitative estimate of drug-likeness (QED) is 0.0507. The molecule has 0 spiro atoms. The molecule has 20 heteroatoms. The molecule has 406 valence electrons. The van der Waals surface area contributed by atoms with E-state index in [1.165, 1.54) is 0 Å². The molecule has 0 aromatic rings. The van der Waals surface area contributed by atoms with E-state index in [2.05, 4.69) is 44.1 Å². The Bertz CT molecular complexity index is 1750. The van der Waals surface area contributed by atoms with Crippen LogP contribution in [0.2, 0.25) is 0 Å². The second kappa shape index (κ2) is 33.4. The molecular formula is C51H89N7O13. The Hall–Kier alpha value is -5.30. The van der Waals surface area contributed by atoms with Crippen molar-refractivity contribution in [1.29, 1.82) is 0 Å². The van der Waals surface area contributed by atoms with E-state index in [0.717, 1.165) is 44.9 Å². The van der Waals surface area contributed by atoms with E-state index in [9.17, 15) is 58.2 Å². The fourth-order valence-electron chi connectivity index (χ4n) is 8.27. The van der Waals surface area contributed by atoms with Gasteiger partial charge in [-0.2, -0.15) is 0 Å². The number of esters is 1. The van der Waals surface area contributed by atoms with Crippen molar-refractivity contribution in [2.45, 2.75) is 234 Å². The Labute approximate surface area is 421 Å². The Morgan fingerprint density at radius 3 is 1.31 bits per heavy atom. The summed E-state index contributed by atoms with van der Waals surface area (Å²) in [5, 5.41) is 37.8. The topological polar surface area (TPSA) is 305 Å². The van der Waals surface area contributed by atoms with Crippen molar-refractivity contribution < 1.29 is 62.9 Å². The molecule has 1 aliphatic rings. The minimum atomic E-state index is -1.72. The normalized spacial score (nSPS) is 24.3. The number of carboxylic acid groups (broad SMARTS) is 2. The molecule has 9 N–H and O–H groups in total.